The Labute approximate surface area is 113 Å². The van der Waals surface area contributed by atoms with E-state index in [1.165, 1.54) is 0 Å². The maximum atomic E-state index is 12.3. The number of carbonyl (C=O) groups is 2. The van der Waals surface area contributed by atoms with E-state index >= 15 is 0 Å². The Morgan fingerprint density at radius 2 is 2.22 bits per heavy atom. The molecule has 0 radical (unpaired) electrons. The summed E-state index contributed by atoms with van der Waals surface area (Å²) in [5, 5.41) is 0. The number of hydrogen-bond acceptors (Lipinski definition) is 3. The molecule has 0 saturated carbocycles. The molecule has 2 amide bonds. The molecule has 0 bridgehead atoms. The molecule has 1 aliphatic heterocycles. The lowest BCUT2D eigenvalue weighted by atomic mass is 9.98. The Hall–Kier alpha value is -1.43. The average molecular weight is 312 g/mol. The van der Waals surface area contributed by atoms with Crippen LogP contribution in [-0.2, 0) is 4.79 Å². The first-order valence-electron chi connectivity index (χ1n) is 5.69. The van der Waals surface area contributed by atoms with Crippen LogP contribution in [0.5, 0.6) is 0 Å². The summed E-state index contributed by atoms with van der Waals surface area (Å²) in [6.45, 7) is 2.84. The predicted octanol–water partition coefficient (Wildman–Crippen LogP) is 1.04. The summed E-state index contributed by atoms with van der Waals surface area (Å²) in [6, 6.07) is 3.52. The molecule has 0 unspecified atom stereocenters. The average Bonchev–Trinajstić information content (AvgIpc) is 2.71. The van der Waals surface area contributed by atoms with Crippen molar-refractivity contribution < 1.29 is 9.59 Å². The van der Waals surface area contributed by atoms with E-state index in [1.54, 1.807) is 23.2 Å². The Bertz CT molecular complexity index is 492. The van der Waals surface area contributed by atoms with Crippen molar-refractivity contribution in [2.75, 3.05) is 13.1 Å². The lowest BCUT2D eigenvalue weighted by Gasteiger charge is -2.15. The molecule has 1 fully saturated rings. The van der Waals surface area contributed by atoms with Crippen molar-refractivity contribution in [2.24, 2.45) is 17.6 Å². The van der Waals surface area contributed by atoms with Gasteiger partial charge in [-0.05, 0) is 34.0 Å². The second-order valence-corrected chi connectivity index (χ2v) is 5.38. The second-order valence-electron chi connectivity index (χ2n) is 4.53. The van der Waals surface area contributed by atoms with E-state index in [2.05, 4.69) is 20.9 Å². The van der Waals surface area contributed by atoms with Gasteiger partial charge in [0.05, 0.1) is 5.92 Å². The van der Waals surface area contributed by atoms with Gasteiger partial charge in [-0.25, -0.2) is 4.98 Å². The molecule has 5 nitrogen and oxygen atoms in total. The van der Waals surface area contributed by atoms with E-state index < -0.39 is 0 Å². The van der Waals surface area contributed by atoms with Crippen LogP contribution in [-0.4, -0.2) is 34.8 Å². The largest absolute Gasteiger partial charge is 0.369 e. The van der Waals surface area contributed by atoms with Gasteiger partial charge in [-0.3, -0.25) is 9.59 Å². The molecule has 18 heavy (non-hydrogen) atoms. The van der Waals surface area contributed by atoms with Gasteiger partial charge in [-0.15, -0.1) is 0 Å². The molecule has 0 aliphatic carbocycles. The van der Waals surface area contributed by atoms with Crippen LogP contribution >= 0.6 is 15.9 Å². The molecule has 2 heterocycles. The first-order chi connectivity index (χ1) is 8.50. The molecular formula is C12H14BrN3O2. The number of likely N-dealkylation sites (tertiary alicyclic amines) is 1. The lowest BCUT2D eigenvalue weighted by molar-refractivity contribution is -0.122. The van der Waals surface area contributed by atoms with Crippen LogP contribution in [0.15, 0.2) is 22.8 Å². The number of hydrogen-bond donors (Lipinski definition) is 1. The Kier molecular flexibility index (Phi) is 3.65. The minimum absolute atomic E-state index is 0.0916. The van der Waals surface area contributed by atoms with Gasteiger partial charge in [0.15, 0.2) is 0 Å². The van der Waals surface area contributed by atoms with E-state index in [9.17, 15) is 9.59 Å². The van der Waals surface area contributed by atoms with Crippen LogP contribution in [0.3, 0.4) is 0 Å². The van der Waals surface area contributed by atoms with Gasteiger partial charge >= 0.3 is 0 Å². The number of primary amides is 1. The molecule has 96 valence electrons. The van der Waals surface area contributed by atoms with Crippen molar-refractivity contribution in [3.63, 3.8) is 0 Å². The van der Waals surface area contributed by atoms with Crippen LogP contribution in [0.4, 0.5) is 0 Å². The summed E-state index contributed by atoms with van der Waals surface area (Å²) in [6.07, 6.45) is 1.57. The number of pyridine rings is 1. The second kappa shape index (κ2) is 5.06. The Morgan fingerprint density at radius 1 is 1.50 bits per heavy atom. The highest BCUT2D eigenvalue weighted by Crippen LogP contribution is 2.25. The number of aromatic nitrogens is 1. The van der Waals surface area contributed by atoms with Gasteiger partial charge in [0, 0.05) is 23.8 Å². The molecule has 1 aromatic heterocycles. The van der Waals surface area contributed by atoms with Crippen LogP contribution in [0.2, 0.25) is 0 Å². The smallest absolute Gasteiger partial charge is 0.273 e. The van der Waals surface area contributed by atoms with Crippen molar-refractivity contribution in [1.82, 2.24) is 9.88 Å². The maximum Gasteiger partial charge on any atom is 0.273 e. The van der Waals surface area contributed by atoms with Crippen LogP contribution in [0.25, 0.3) is 0 Å². The van der Waals surface area contributed by atoms with Crippen molar-refractivity contribution in [3.05, 3.63) is 28.5 Å². The van der Waals surface area contributed by atoms with E-state index in [-0.39, 0.29) is 23.7 Å². The first kappa shape index (κ1) is 13.0. The first-order valence-corrected chi connectivity index (χ1v) is 6.49. The topological polar surface area (TPSA) is 76.3 Å². The zero-order chi connectivity index (χ0) is 13.3. The number of amides is 2. The highest BCUT2D eigenvalue weighted by Gasteiger charge is 2.36. The summed E-state index contributed by atoms with van der Waals surface area (Å²) in [7, 11) is 0. The molecule has 1 aliphatic rings. The fraction of sp³-hybridized carbons (Fsp3) is 0.417. The quantitative estimate of drug-likeness (QED) is 0.886. The summed E-state index contributed by atoms with van der Waals surface area (Å²) in [4.78, 5) is 29.2. The van der Waals surface area contributed by atoms with Crippen molar-refractivity contribution >= 4 is 27.7 Å². The molecule has 2 N–H and O–H groups in total. The summed E-state index contributed by atoms with van der Waals surface area (Å²) in [5.41, 5.74) is 5.69. The van der Waals surface area contributed by atoms with Gasteiger partial charge in [-0.2, -0.15) is 0 Å². The van der Waals surface area contributed by atoms with Crippen LogP contribution in [0, 0.1) is 11.8 Å². The number of rotatable bonds is 2. The van der Waals surface area contributed by atoms with Gasteiger partial charge < -0.3 is 10.6 Å². The van der Waals surface area contributed by atoms with Crippen molar-refractivity contribution in [1.29, 1.82) is 0 Å². The standard InChI is InChI=1S/C12H14BrN3O2/c1-7-5-16(6-8(7)11(14)17)12(18)10-9(13)3-2-4-15-10/h2-4,7-8H,5-6H2,1H3,(H2,14,17)/t7-,8-/m1/s1. The summed E-state index contributed by atoms with van der Waals surface area (Å²) < 4.78 is 0.658. The van der Waals surface area contributed by atoms with E-state index in [0.29, 0.717) is 23.3 Å². The third kappa shape index (κ3) is 2.38. The maximum absolute atomic E-state index is 12.3. The van der Waals surface area contributed by atoms with Crippen LogP contribution in [0.1, 0.15) is 17.4 Å². The summed E-state index contributed by atoms with van der Waals surface area (Å²) in [5.74, 6) is -0.693. The molecular weight excluding hydrogens is 298 g/mol. The molecule has 2 atom stereocenters. The lowest BCUT2D eigenvalue weighted by Crippen LogP contribution is -2.32. The minimum Gasteiger partial charge on any atom is -0.369 e. The number of halogens is 1. The predicted molar refractivity (Wildman–Crippen MR) is 69.7 cm³/mol. The van der Waals surface area contributed by atoms with E-state index in [1.807, 2.05) is 6.92 Å². The number of nitrogens with zero attached hydrogens (tertiary/aromatic N) is 2. The van der Waals surface area contributed by atoms with Gasteiger partial charge in [0.1, 0.15) is 5.69 Å². The minimum atomic E-state index is -0.349. The SMILES string of the molecule is C[C@@H]1CN(C(=O)c2ncccc2Br)C[C@H]1C(N)=O. The van der Waals surface area contributed by atoms with Crippen molar-refractivity contribution in [2.45, 2.75) is 6.92 Å². The number of carbonyl (C=O) groups excluding carboxylic acids is 2. The van der Waals surface area contributed by atoms with Gasteiger partial charge in [-0.1, -0.05) is 6.92 Å². The molecule has 1 saturated heterocycles. The number of nitrogens with two attached hydrogens (primary N) is 1. The molecule has 6 heteroatoms. The molecule has 0 spiro atoms. The molecule has 2 rings (SSSR count). The Morgan fingerprint density at radius 3 is 2.78 bits per heavy atom. The van der Waals surface area contributed by atoms with Crippen molar-refractivity contribution in [3.8, 4) is 0 Å². The van der Waals surface area contributed by atoms with Gasteiger partial charge in [0.2, 0.25) is 5.91 Å². The molecule has 1 aromatic rings. The van der Waals surface area contributed by atoms with E-state index in [4.69, 9.17) is 5.73 Å². The fourth-order valence-corrected chi connectivity index (χ4v) is 2.62. The van der Waals surface area contributed by atoms with Crippen LogP contribution < -0.4 is 5.73 Å². The van der Waals surface area contributed by atoms with E-state index in [0.717, 1.165) is 0 Å². The highest BCUT2D eigenvalue weighted by molar-refractivity contribution is 9.10. The Balaban J connectivity index is 2.17. The summed E-state index contributed by atoms with van der Waals surface area (Å²) >= 11 is 3.30. The molecule has 0 aromatic carbocycles. The monoisotopic (exact) mass is 311 g/mol. The highest BCUT2D eigenvalue weighted by atomic mass is 79.9. The normalized spacial score (nSPS) is 23.1. The third-order valence-electron chi connectivity index (χ3n) is 3.23. The zero-order valence-electron chi connectivity index (χ0n) is 9.97. The zero-order valence-corrected chi connectivity index (χ0v) is 11.6. The van der Waals surface area contributed by atoms with Gasteiger partial charge in [0.25, 0.3) is 5.91 Å². The fourth-order valence-electron chi connectivity index (χ4n) is 2.20. The third-order valence-corrected chi connectivity index (χ3v) is 3.87.